The number of aryl methyl sites for hydroxylation is 1. The molecule has 0 amide bonds. The van der Waals surface area contributed by atoms with Gasteiger partial charge in [-0.05, 0) is 49.4 Å². The van der Waals surface area contributed by atoms with E-state index in [1.165, 1.54) is 0 Å². The monoisotopic (exact) mass is 292 g/mol. The molecule has 0 aliphatic rings. The van der Waals surface area contributed by atoms with E-state index in [2.05, 4.69) is 10.1 Å². The van der Waals surface area contributed by atoms with E-state index in [0.717, 1.165) is 17.9 Å². The number of aromatic nitrogens is 4. The maximum absolute atomic E-state index is 12.2. The van der Waals surface area contributed by atoms with Crippen molar-refractivity contribution in [3.8, 4) is 5.69 Å². The van der Waals surface area contributed by atoms with E-state index < -0.39 is 0 Å². The Morgan fingerprint density at radius 2 is 2.00 bits per heavy atom. The Labute approximate surface area is 128 Å². The highest BCUT2D eigenvalue weighted by atomic mass is 16.1. The number of benzene rings is 1. The maximum atomic E-state index is 12.2. The Bertz CT molecular complexity index is 782. The summed E-state index contributed by atoms with van der Waals surface area (Å²) in [5.41, 5.74) is 2.55. The van der Waals surface area contributed by atoms with Crippen molar-refractivity contribution >= 4 is 11.9 Å². The number of hydrogen-bond donors (Lipinski definition) is 0. The van der Waals surface area contributed by atoms with Crippen molar-refractivity contribution in [1.29, 1.82) is 0 Å². The van der Waals surface area contributed by atoms with Crippen LogP contribution in [0.25, 0.3) is 11.8 Å². The molecule has 0 aliphatic carbocycles. The Hall–Kier alpha value is -2.95. The summed E-state index contributed by atoms with van der Waals surface area (Å²) < 4.78 is 3.73. The first-order valence-electron chi connectivity index (χ1n) is 7.10. The number of carbonyl (C=O) groups is 1. The fraction of sp³-hybridized carbons (Fsp3) is 0.118. The molecular formula is C17H16N4O. The van der Waals surface area contributed by atoms with Gasteiger partial charge in [-0.15, -0.1) is 0 Å². The van der Waals surface area contributed by atoms with Gasteiger partial charge in [-0.25, -0.2) is 4.98 Å². The molecule has 5 heteroatoms. The highest BCUT2D eigenvalue weighted by Crippen LogP contribution is 2.11. The first-order valence-corrected chi connectivity index (χ1v) is 7.10. The lowest BCUT2D eigenvalue weighted by Crippen LogP contribution is -1.99. The molecule has 0 fully saturated rings. The van der Waals surface area contributed by atoms with Gasteiger partial charge >= 0.3 is 0 Å². The van der Waals surface area contributed by atoms with Crippen molar-refractivity contribution in [3.63, 3.8) is 0 Å². The molecular weight excluding hydrogens is 276 g/mol. The van der Waals surface area contributed by atoms with Crippen LogP contribution in [-0.4, -0.2) is 25.1 Å². The largest absolute Gasteiger partial charge is 0.306 e. The van der Waals surface area contributed by atoms with Crippen LogP contribution in [0.5, 0.6) is 0 Å². The van der Waals surface area contributed by atoms with Crippen molar-refractivity contribution in [1.82, 2.24) is 19.3 Å². The van der Waals surface area contributed by atoms with Gasteiger partial charge in [0.15, 0.2) is 5.78 Å². The van der Waals surface area contributed by atoms with Crippen LogP contribution in [0.1, 0.15) is 23.0 Å². The Morgan fingerprint density at radius 3 is 2.68 bits per heavy atom. The van der Waals surface area contributed by atoms with E-state index in [1.807, 2.05) is 52.7 Å². The quantitative estimate of drug-likeness (QED) is 0.536. The molecule has 3 rings (SSSR count). The Balaban J connectivity index is 1.75. The van der Waals surface area contributed by atoms with Gasteiger partial charge in [-0.3, -0.25) is 9.48 Å². The van der Waals surface area contributed by atoms with Crippen molar-refractivity contribution < 1.29 is 4.79 Å². The number of imidazole rings is 1. The summed E-state index contributed by atoms with van der Waals surface area (Å²) in [5.74, 6) is -0.0268. The molecule has 2 heterocycles. The fourth-order valence-electron chi connectivity index (χ4n) is 2.22. The zero-order valence-electron chi connectivity index (χ0n) is 12.3. The highest BCUT2D eigenvalue weighted by molar-refractivity contribution is 6.06. The Morgan fingerprint density at radius 1 is 1.18 bits per heavy atom. The molecule has 0 aliphatic heterocycles. The van der Waals surface area contributed by atoms with Gasteiger partial charge in [0.2, 0.25) is 0 Å². The average molecular weight is 292 g/mol. The summed E-state index contributed by atoms with van der Waals surface area (Å²) in [6.07, 6.45) is 10.4. The summed E-state index contributed by atoms with van der Waals surface area (Å²) in [7, 11) is 0. The normalized spacial score (nSPS) is 11.1. The van der Waals surface area contributed by atoms with Gasteiger partial charge in [0.1, 0.15) is 0 Å². The molecule has 22 heavy (non-hydrogen) atoms. The second-order valence-corrected chi connectivity index (χ2v) is 4.79. The minimum absolute atomic E-state index is 0.0268. The minimum atomic E-state index is -0.0268. The Kier molecular flexibility index (Phi) is 3.96. The number of ketones is 1. The number of nitrogens with zero attached hydrogens (tertiary/aromatic N) is 4. The van der Waals surface area contributed by atoms with Crippen LogP contribution in [0.15, 0.2) is 61.3 Å². The third-order valence-electron chi connectivity index (χ3n) is 3.41. The molecule has 0 radical (unpaired) electrons. The van der Waals surface area contributed by atoms with E-state index in [9.17, 15) is 4.79 Å². The lowest BCUT2D eigenvalue weighted by Gasteiger charge is -2.03. The van der Waals surface area contributed by atoms with Crippen molar-refractivity contribution in [2.75, 3.05) is 0 Å². The van der Waals surface area contributed by atoms with Gasteiger partial charge in [-0.2, -0.15) is 5.10 Å². The molecule has 0 bridgehead atoms. The van der Waals surface area contributed by atoms with Crippen molar-refractivity contribution in [2.24, 2.45) is 0 Å². The molecule has 0 spiro atoms. The van der Waals surface area contributed by atoms with Crippen molar-refractivity contribution in [2.45, 2.75) is 13.5 Å². The van der Waals surface area contributed by atoms with Crippen LogP contribution in [0.4, 0.5) is 0 Å². The molecule has 0 unspecified atom stereocenters. The van der Waals surface area contributed by atoms with Crippen LogP contribution in [0, 0.1) is 0 Å². The molecule has 1 aromatic carbocycles. The average Bonchev–Trinajstić information content (AvgIpc) is 3.24. The molecule has 110 valence electrons. The van der Waals surface area contributed by atoms with E-state index in [-0.39, 0.29) is 5.78 Å². The summed E-state index contributed by atoms with van der Waals surface area (Å²) in [5, 5.41) is 4.17. The number of allylic oxidation sites excluding steroid dienone is 1. The van der Waals surface area contributed by atoms with Crippen LogP contribution in [0.3, 0.4) is 0 Å². The second-order valence-electron chi connectivity index (χ2n) is 4.79. The highest BCUT2D eigenvalue weighted by Gasteiger charge is 2.03. The molecule has 0 saturated carbocycles. The van der Waals surface area contributed by atoms with Gasteiger partial charge in [0.25, 0.3) is 0 Å². The standard InChI is InChI=1S/C17H16N4O/c1-2-21-16(9-10-19-21)7-8-17(22)14-3-5-15(6-4-14)20-12-11-18-13-20/h3-13H,2H2,1H3/b8-7+. The smallest absolute Gasteiger partial charge is 0.185 e. The molecule has 0 saturated heterocycles. The second kappa shape index (κ2) is 6.22. The van der Waals surface area contributed by atoms with Crippen LogP contribution in [-0.2, 0) is 6.54 Å². The predicted molar refractivity (Wildman–Crippen MR) is 84.8 cm³/mol. The lowest BCUT2D eigenvalue weighted by molar-refractivity contribution is 0.104. The van der Waals surface area contributed by atoms with E-state index in [4.69, 9.17) is 0 Å². The van der Waals surface area contributed by atoms with Crippen LogP contribution >= 0.6 is 0 Å². The zero-order chi connectivity index (χ0) is 15.4. The van der Waals surface area contributed by atoms with Crippen molar-refractivity contribution in [3.05, 3.63) is 72.6 Å². The summed E-state index contributed by atoms with van der Waals surface area (Å²) in [4.78, 5) is 16.2. The summed E-state index contributed by atoms with van der Waals surface area (Å²) >= 11 is 0. The number of rotatable bonds is 5. The molecule has 5 nitrogen and oxygen atoms in total. The number of carbonyl (C=O) groups excluding carboxylic acids is 1. The van der Waals surface area contributed by atoms with Gasteiger partial charge < -0.3 is 4.57 Å². The van der Waals surface area contributed by atoms with Crippen LogP contribution in [0.2, 0.25) is 0 Å². The molecule has 0 N–H and O–H groups in total. The topological polar surface area (TPSA) is 52.7 Å². The van der Waals surface area contributed by atoms with Gasteiger partial charge in [0.05, 0.1) is 12.0 Å². The number of hydrogen-bond acceptors (Lipinski definition) is 3. The third kappa shape index (κ3) is 2.88. The van der Waals surface area contributed by atoms with Crippen LogP contribution < -0.4 is 0 Å². The summed E-state index contributed by atoms with van der Waals surface area (Å²) in [6.45, 7) is 2.79. The van der Waals surface area contributed by atoms with Gasteiger partial charge in [-0.1, -0.05) is 0 Å². The first-order chi connectivity index (χ1) is 10.8. The third-order valence-corrected chi connectivity index (χ3v) is 3.41. The summed E-state index contributed by atoms with van der Waals surface area (Å²) in [6, 6.07) is 9.33. The molecule has 2 aromatic heterocycles. The first kappa shape index (κ1) is 14.0. The zero-order valence-corrected chi connectivity index (χ0v) is 12.3. The minimum Gasteiger partial charge on any atom is -0.306 e. The SMILES string of the molecule is CCn1nccc1/C=C/C(=O)c1ccc(-n2ccnc2)cc1. The van der Waals surface area contributed by atoms with E-state index in [0.29, 0.717) is 5.56 Å². The van der Waals surface area contributed by atoms with E-state index >= 15 is 0 Å². The fourth-order valence-corrected chi connectivity index (χ4v) is 2.22. The molecule has 3 aromatic rings. The molecule has 0 atom stereocenters. The maximum Gasteiger partial charge on any atom is 0.185 e. The van der Waals surface area contributed by atoms with E-state index in [1.54, 1.807) is 30.9 Å². The lowest BCUT2D eigenvalue weighted by atomic mass is 10.1. The van der Waals surface area contributed by atoms with Gasteiger partial charge in [0, 0.05) is 36.4 Å². The predicted octanol–water partition coefficient (Wildman–Crippen LogP) is 2.98.